The van der Waals surface area contributed by atoms with E-state index in [1.807, 2.05) is 0 Å². The van der Waals surface area contributed by atoms with Crippen molar-refractivity contribution in [1.29, 1.82) is 0 Å². The van der Waals surface area contributed by atoms with Crippen LogP contribution in [0.15, 0.2) is 18.2 Å². The first kappa shape index (κ1) is 20.1. The molecule has 10 heteroatoms. The lowest BCUT2D eigenvalue weighted by Gasteiger charge is -2.31. The average Bonchev–Trinajstić information content (AvgIpc) is 2.66. The number of ether oxygens (including phenoxy) is 1. The van der Waals surface area contributed by atoms with E-state index in [-0.39, 0.29) is 29.5 Å². The molecule has 1 aliphatic heterocycles. The minimum absolute atomic E-state index is 0.0385. The Labute approximate surface area is 155 Å². The van der Waals surface area contributed by atoms with Crippen LogP contribution in [0, 0.1) is 16.0 Å². The smallest absolute Gasteiger partial charge is 0.311 e. The van der Waals surface area contributed by atoms with Gasteiger partial charge in [0.15, 0.2) is 5.75 Å². The van der Waals surface area contributed by atoms with Crippen molar-refractivity contribution in [1.82, 2.24) is 9.80 Å². The molecule has 0 bridgehead atoms. The number of nitrogens with zero attached hydrogens (tertiary/aromatic N) is 3. The lowest BCUT2D eigenvalue weighted by molar-refractivity contribution is -0.385. The van der Waals surface area contributed by atoms with Gasteiger partial charge in [-0.25, -0.2) is 0 Å². The van der Waals surface area contributed by atoms with Gasteiger partial charge in [-0.15, -0.1) is 0 Å². The standard InChI is InChI=1S/C17H21N3O7/c1-18(10-15(21)19-7-5-11(6-8-19)17(23)24)16(22)12-3-4-14(27-2)13(9-12)20(25)26/h3-4,9,11H,5-8,10H2,1-2H3,(H,23,24). The Morgan fingerprint density at radius 2 is 1.96 bits per heavy atom. The molecule has 2 rings (SSSR count). The van der Waals surface area contributed by atoms with Gasteiger partial charge in [-0.3, -0.25) is 24.5 Å². The van der Waals surface area contributed by atoms with Gasteiger partial charge in [-0.1, -0.05) is 0 Å². The van der Waals surface area contributed by atoms with Crippen molar-refractivity contribution in [3.05, 3.63) is 33.9 Å². The highest BCUT2D eigenvalue weighted by molar-refractivity contribution is 5.97. The molecule has 0 unspecified atom stereocenters. The van der Waals surface area contributed by atoms with Crippen molar-refractivity contribution in [2.75, 3.05) is 33.8 Å². The van der Waals surface area contributed by atoms with Crippen molar-refractivity contribution in [3.8, 4) is 5.75 Å². The summed E-state index contributed by atoms with van der Waals surface area (Å²) in [5.74, 6) is -2.10. The number of likely N-dealkylation sites (tertiary alicyclic amines) is 1. The van der Waals surface area contributed by atoms with Crippen LogP contribution in [0.5, 0.6) is 5.75 Å². The van der Waals surface area contributed by atoms with Gasteiger partial charge in [-0.05, 0) is 25.0 Å². The minimum atomic E-state index is -0.865. The summed E-state index contributed by atoms with van der Waals surface area (Å²) in [6.45, 7) is 0.452. The second-order valence-corrected chi connectivity index (χ2v) is 6.30. The number of nitro benzene ring substituents is 1. The fraction of sp³-hybridized carbons (Fsp3) is 0.471. The molecule has 1 fully saturated rings. The van der Waals surface area contributed by atoms with Crippen LogP contribution in [0.3, 0.4) is 0 Å². The number of nitro groups is 1. The van der Waals surface area contributed by atoms with Crippen LogP contribution < -0.4 is 4.74 Å². The maximum absolute atomic E-state index is 12.5. The zero-order valence-electron chi connectivity index (χ0n) is 15.1. The molecule has 1 heterocycles. The van der Waals surface area contributed by atoms with Gasteiger partial charge in [-0.2, -0.15) is 0 Å². The number of carboxylic acid groups (broad SMARTS) is 1. The molecule has 10 nitrogen and oxygen atoms in total. The number of methoxy groups -OCH3 is 1. The highest BCUT2D eigenvalue weighted by Crippen LogP contribution is 2.28. The summed E-state index contributed by atoms with van der Waals surface area (Å²) in [6.07, 6.45) is 0.757. The Kier molecular flexibility index (Phi) is 6.32. The number of aliphatic carboxylic acids is 1. The summed E-state index contributed by atoms with van der Waals surface area (Å²) in [6, 6.07) is 3.84. The number of hydrogen-bond acceptors (Lipinski definition) is 6. The molecule has 0 saturated carbocycles. The van der Waals surface area contributed by atoms with Gasteiger partial charge in [0.25, 0.3) is 5.91 Å². The minimum Gasteiger partial charge on any atom is -0.490 e. The number of piperidine rings is 1. The molecule has 0 aliphatic carbocycles. The first-order valence-corrected chi connectivity index (χ1v) is 8.33. The summed E-state index contributed by atoms with van der Waals surface area (Å²) in [4.78, 5) is 49.0. The highest BCUT2D eigenvalue weighted by atomic mass is 16.6. The van der Waals surface area contributed by atoms with Gasteiger partial charge < -0.3 is 19.6 Å². The van der Waals surface area contributed by atoms with E-state index < -0.39 is 22.7 Å². The van der Waals surface area contributed by atoms with E-state index in [0.717, 1.165) is 6.07 Å². The fourth-order valence-corrected chi connectivity index (χ4v) is 2.94. The van der Waals surface area contributed by atoms with Crippen LogP contribution >= 0.6 is 0 Å². The molecule has 1 saturated heterocycles. The van der Waals surface area contributed by atoms with Gasteiger partial charge in [0.05, 0.1) is 24.5 Å². The van der Waals surface area contributed by atoms with Crippen LogP contribution in [0.2, 0.25) is 0 Å². The molecule has 1 aromatic rings. The Hall–Kier alpha value is -3.17. The maximum atomic E-state index is 12.5. The van der Waals surface area contributed by atoms with E-state index in [9.17, 15) is 24.5 Å². The van der Waals surface area contributed by atoms with Crippen molar-refractivity contribution < 1.29 is 29.2 Å². The third-order valence-corrected chi connectivity index (χ3v) is 4.54. The van der Waals surface area contributed by atoms with Gasteiger partial charge in [0.1, 0.15) is 0 Å². The van der Waals surface area contributed by atoms with Crippen LogP contribution in [-0.2, 0) is 9.59 Å². The van der Waals surface area contributed by atoms with E-state index in [0.29, 0.717) is 25.9 Å². The molecular weight excluding hydrogens is 358 g/mol. The normalized spacial score (nSPS) is 14.5. The topological polar surface area (TPSA) is 130 Å². The molecule has 1 aromatic carbocycles. The summed E-state index contributed by atoms with van der Waals surface area (Å²) >= 11 is 0. The van der Waals surface area contributed by atoms with Gasteiger partial charge in [0.2, 0.25) is 5.91 Å². The van der Waals surface area contributed by atoms with Crippen molar-refractivity contribution in [2.45, 2.75) is 12.8 Å². The van der Waals surface area contributed by atoms with Crippen LogP contribution in [-0.4, -0.2) is 71.4 Å². The Morgan fingerprint density at radius 1 is 1.33 bits per heavy atom. The van der Waals surface area contributed by atoms with E-state index in [1.165, 1.54) is 36.1 Å². The Morgan fingerprint density at radius 3 is 2.48 bits per heavy atom. The van der Waals surface area contributed by atoms with Crippen molar-refractivity contribution in [3.63, 3.8) is 0 Å². The molecule has 1 aliphatic rings. The maximum Gasteiger partial charge on any atom is 0.311 e. The van der Waals surface area contributed by atoms with Crippen LogP contribution in [0.1, 0.15) is 23.2 Å². The number of amides is 2. The van der Waals surface area contributed by atoms with Crippen LogP contribution in [0.25, 0.3) is 0 Å². The second-order valence-electron chi connectivity index (χ2n) is 6.30. The third kappa shape index (κ3) is 4.72. The summed E-state index contributed by atoms with van der Waals surface area (Å²) < 4.78 is 4.90. The third-order valence-electron chi connectivity index (χ3n) is 4.54. The predicted octanol–water partition coefficient (Wildman–Crippen LogP) is 0.999. The number of carbonyl (C=O) groups excluding carboxylic acids is 2. The fourth-order valence-electron chi connectivity index (χ4n) is 2.94. The first-order chi connectivity index (χ1) is 12.7. The van der Waals surface area contributed by atoms with E-state index in [2.05, 4.69) is 0 Å². The number of hydrogen-bond donors (Lipinski definition) is 1. The molecule has 0 spiro atoms. The number of carbonyl (C=O) groups is 3. The quantitative estimate of drug-likeness (QED) is 0.576. The molecule has 0 radical (unpaired) electrons. The van der Waals surface area contributed by atoms with E-state index in [1.54, 1.807) is 0 Å². The van der Waals surface area contributed by atoms with Crippen molar-refractivity contribution >= 4 is 23.5 Å². The molecular formula is C17H21N3O7. The highest BCUT2D eigenvalue weighted by Gasteiger charge is 2.28. The SMILES string of the molecule is COc1ccc(C(=O)N(C)CC(=O)N2CCC(C(=O)O)CC2)cc1[N+](=O)[O-]. The van der Waals surface area contributed by atoms with E-state index in [4.69, 9.17) is 9.84 Å². The lowest BCUT2D eigenvalue weighted by Crippen LogP contribution is -2.45. The van der Waals surface area contributed by atoms with E-state index >= 15 is 0 Å². The van der Waals surface area contributed by atoms with Gasteiger partial charge >= 0.3 is 11.7 Å². The predicted molar refractivity (Wildman–Crippen MR) is 93.5 cm³/mol. The average molecular weight is 379 g/mol. The molecule has 0 aromatic heterocycles. The molecule has 2 amide bonds. The second kappa shape index (κ2) is 8.47. The summed E-state index contributed by atoms with van der Waals surface area (Å²) in [7, 11) is 2.72. The molecule has 0 atom stereocenters. The largest absolute Gasteiger partial charge is 0.490 e. The van der Waals surface area contributed by atoms with Gasteiger partial charge in [0, 0.05) is 31.8 Å². The molecule has 146 valence electrons. The number of benzene rings is 1. The zero-order valence-corrected chi connectivity index (χ0v) is 15.1. The summed E-state index contributed by atoms with van der Waals surface area (Å²) in [5.41, 5.74) is -0.263. The molecule has 27 heavy (non-hydrogen) atoms. The first-order valence-electron chi connectivity index (χ1n) is 8.33. The van der Waals surface area contributed by atoms with Crippen LogP contribution in [0.4, 0.5) is 5.69 Å². The Bertz CT molecular complexity index is 757. The Balaban J connectivity index is 2.01. The number of rotatable bonds is 6. The molecule has 1 N–H and O–H groups in total. The van der Waals surface area contributed by atoms with Crippen molar-refractivity contribution in [2.24, 2.45) is 5.92 Å². The summed E-state index contributed by atoms with van der Waals surface area (Å²) in [5, 5.41) is 20.1. The number of likely N-dealkylation sites (N-methyl/N-ethyl adjacent to an activating group) is 1. The lowest BCUT2D eigenvalue weighted by atomic mass is 9.97. The zero-order chi connectivity index (χ0) is 20.1. The monoisotopic (exact) mass is 379 g/mol. The number of carboxylic acids is 1.